The molecule has 1 aromatic heterocycles. The number of carbonyl (C=O) groups excluding carboxylic acids is 1. The van der Waals surface area contributed by atoms with Gasteiger partial charge in [0.15, 0.2) is 5.78 Å². The third-order valence-corrected chi connectivity index (χ3v) is 2.38. The minimum Gasteiger partial charge on any atom is -0.383 e. The molecule has 0 saturated heterocycles. The summed E-state index contributed by atoms with van der Waals surface area (Å²) in [5.74, 6) is 0.108. The van der Waals surface area contributed by atoms with Gasteiger partial charge in [0.1, 0.15) is 5.82 Å². The van der Waals surface area contributed by atoms with Gasteiger partial charge >= 0.3 is 0 Å². The number of hydrogen-bond acceptors (Lipinski definition) is 3. The fourth-order valence-electron chi connectivity index (χ4n) is 1.28. The maximum absolute atomic E-state index is 12.0. The Labute approximate surface area is 103 Å². The highest BCUT2D eigenvalue weighted by molar-refractivity contribution is 9.10. The lowest BCUT2D eigenvalue weighted by atomic mass is 10.0. The van der Waals surface area contributed by atoms with Gasteiger partial charge in [-0.25, -0.2) is 4.98 Å². The molecule has 0 aliphatic rings. The van der Waals surface area contributed by atoms with Crippen molar-refractivity contribution in [3.05, 3.63) is 46.1 Å². The number of hydrogen-bond donors (Lipinski definition) is 1. The molecule has 0 spiro atoms. The Kier molecular flexibility index (Phi) is 4.01. The minimum absolute atomic E-state index is 0.130. The predicted molar refractivity (Wildman–Crippen MR) is 69.3 cm³/mol. The van der Waals surface area contributed by atoms with Crippen molar-refractivity contribution < 1.29 is 4.79 Å². The molecule has 3 nitrogen and oxygen atoms in total. The lowest BCUT2D eigenvalue weighted by Crippen LogP contribution is -2.06. The van der Waals surface area contributed by atoms with Crippen LogP contribution in [-0.4, -0.2) is 10.8 Å². The molecule has 1 heterocycles. The normalized spacial score (nSPS) is 11.3. The molecule has 0 aliphatic heterocycles. The Morgan fingerprint density at radius 2 is 2.19 bits per heavy atom. The lowest BCUT2D eigenvalue weighted by Gasteiger charge is -2.04. The first-order valence-corrected chi connectivity index (χ1v) is 5.50. The van der Waals surface area contributed by atoms with Crippen LogP contribution in [0.5, 0.6) is 0 Å². The molecule has 0 amide bonds. The number of nitrogens with two attached hydrogens (primary N) is 1. The number of nitrogens with zero attached hydrogens (tertiary/aromatic N) is 1. The van der Waals surface area contributed by atoms with E-state index in [1.807, 2.05) is 6.92 Å². The summed E-state index contributed by atoms with van der Waals surface area (Å²) in [5, 5.41) is 0. The Balaban J connectivity index is 3.14. The van der Waals surface area contributed by atoms with Crippen LogP contribution in [0.1, 0.15) is 24.2 Å². The quantitative estimate of drug-likeness (QED) is 0.526. The van der Waals surface area contributed by atoms with Crippen molar-refractivity contribution in [2.75, 3.05) is 5.73 Å². The van der Waals surface area contributed by atoms with Gasteiger partial charge in [0.05, 0.1) is 5.56 Å². The summed E-state index contributed by atoms with van der Waals surface area (Å²) < 4.78 is 0.730. The molecule has 1 rings (SSSR count). The van der Waals surface area contributed by atoms with Crippen LogP contribution in [0.3, 0.4) is 0 Å². The highest BCUT2D eigenvalue weighted by Gasteiger charge is 2.13. The molecule has 16 heavy (non-hydrogen) atoms. The van der Waals surface area contributed by atoms with E-state index in [4.69, 9.17) is 5.73 Å². The number of ketones is 1. The number of Topliss-reactive ketones (excluding diaryl/α,β-unsaturated/α-hetero) is 1. The zero-order chi connectivity index (χ0) is 12.3. The van der Waals surface area contributed by atoms with Crippen LogP contribution in [0.25, 0.3) is 0 Å². The first-order valence-electron chi connectivity index (χ1n) is 4.71. The molecular formula is C12H13BrN2O. The maximum Gasteiger partial charge on any atom is 0.192 e. The molecule has 2 N–H and O–H groups in total. The second kappa shape index (κ2) is 5.07. The van der Waals surface area contributed by atoms with Gasteiger partial charge in [0.25, 0.3) is 0 Å². The van der Waals surface area contributed by atoms with E-state index in [1.54, 1.807) is 25.3 Å². The van der Waals surface area contributed by atoms with E-state index >= 15 is 0 Å². The monoisotopic (exact) mass is 280 g/mol. The molecule has 0 radical (unpaired) electrons. The van der Waals surface area contributed by atoms with Crippen LogP contribution in [0.2, 0.25) is 0 Å². The molecule has 84 valence electrons. The number of pyridine rings is 1. The summed E-state index contributed by atoms with van der Waals surface area (Å²) in [6.45, 7) is 7.29. The van der Waals surface area contributed by atoms with Crippen molar-refractivity contribution in [3.8, 4) is 0 Å². The van der Waals surface area contributed by atoms with Gasteiger partial charge in [-0.2, -0.15) is 0 Å². The van der Waals surface area contributed by atoms with Crippen LogP contribution >= 0.6 is 15.9 Å². The summed E-state index contributed by atoms with van der Waals surface area (Å²) in [5.41, 5.74) is 7.49. The molecule has 0 saturated carbocycles. The third-order valence-electron chi connectivity index (χ3n) is 1.95. The number of carbonyl (C=O) groups is 1. The molecule has 0 atom stereocenters. The van der Waals surface area contributed by atoms with E-state index in [9.17, 15) is 4.79 Å². The van der Waals surface area contributed by atoms with Gasteiger partial charge in [-0.3, -0.25) is 4.79 Å². The second-order valence-electron chi connectivity index (χ2n) is 3.59. The molecular weight excluding hydrogens is 268 g/mol. The van der Waals surface area contributed by atoms with E-state index in [0.717, 1.165) is 10.0 Å². The summed E-state index contributed by atoms with van der Waals surface area (Å²) >= 11 is 3.26. The second-order valence-corrected chi connectivity index (χ2v) is 4.50. The fraction of sp³-hybridized carbons (Fsp3) is 0.167. The van der Waals surface area contributed by atoms with Crippen molar-refractivity contribution in [3.63, 3.8) is 0 Å². The maximum atomic E-state index is 12.0. The zero-order valence-electron chi connectivity index (χ0n) is 9.25. The van der Waals surface area contributed by atoms with Crippen molar-refractivity contribution >= 4 is 27.5 Å². The van der Waals surface area contributed by atoms with E-state index in [2.05, 4.69) is 27.5 Å². The van der Waals surface area contributed by atoms with E-state index < -0.39 is 0 Å². The first-order chi connectivity index (χ1) is 7.41. The summed E-state index contributed by atoms with van der Waals surface area (Å²) in [6.07, 6.45) is 3.28. The summed E-state index contributed by atoms with van der Waals surface area (Å²) in [7, 11) is 0. The van der Waals surface area contributed by atoms with E-state index in [0.29, 0.717) is 11.1 Å². The smallest absolute Gasteiger partial charge is 0.192 e. The minimum atomic E-state index is -0.130. The summed E-state index contributed by atoms with van der Waals surface area (Å²) in [4.78, 5) is 15.9. The standard InChI is InChI=1S/C12H13BrN2O/c1-7(2)4-8(3)11(16)10-5-9(13)6-15-12(10)14/h4-6H,1H2,2-3H3,(H2,14,15)/b8-4+. The number of aromatic nitrogens is 1. The van der Waals surface area contributed by atoms with Crippen molar-refractivity contribution in [1.82, 2.24) is 4.98 Å². The molecule has 0 aromatic carbocycles. The number of nitrogen functional groups attached to an aromatic ring is 1. The number of rotatable bonds is 3. The van der Waals surface area contributed by atoms with Gasteiger partial charge in [-0.15, -0.1) is 0 Å². The van der Waals surface area contributed by atoms with Crippen LogP contribution in [0, 0.1) is 0 Å². The molecule has 0 aliphatic carbocycles. The summed E-state index contributed by atoms with van der Waals surface area (Å²) in [6, 6.07) is 1.67. The largest absolute Gasteiger partial charge is 0.383 e. The van der Waals surface area contributed by atoms with Gasteiger partial charge in [0.2, 0.25) is 0 Å². The van der Waals surface area contributed by atoms with Gasteiger partial charge in [-0.05, 0) is 41.4 Å². The molecule has 1 aromatic rings. The third kappa shape index (κ3) is 3.03. The first kappa shape index (κ1) is 12.6. The van der Waals surface area contributed by atoms with Crippen molar-refractivity contribution in [2.45, 2.75) is 13.8 Å². The Morgan fingerprint density at radius 3 is 2.75 bits per heavy atom. The highest BCUT2D eigenvalue weighted by atomic mass is 79.9. The predicted octanol–water partition coefficient (Wildman–Crippen LogP) is 3.13. The Hall–Kier alpha value is -1.42. The van der Waals surface area contributed by atoms with Crippen LogP contribution in [-0.2, 0) is 0 Å². The molecule has 0 unspecified atom stereocenters. The zero-order valence-corrected chi connectivity index (χ0v) is 10.8. The van der Waals surface area contributed by atoms with Crippen molar-refractivity contribution in [1.29, 1.82) is 0 Å². The van der Waals surface area contributed by atoms with Gasteiger partial charge < -0.3 is 5.73 Å². The van der Waals surface area contributed by atoms with Crippen LogP contribution in [0.15, 0.2) is 40.5 Å². The molecule has 4 heteroatoms. The fourth-order valence-corrected chi connectivity index (χ4v) is 1.61. The SMILES string of the molecule is C=C(C)/C=C(\C)C(=O)c1cc(Br)cnc1N. The van der Waals surface area contributed by atoms with Gasteiger partial charge in [0, 0.05) is 10.7 Å². The highest BCUT2D eigenvalue weighted by Crippen LogP contribution is 2.19. The topological polar surface area (TPSA) is 56.0 Å². The number of anilines is 1. The molecule has 0 bridgehead atoms. The van der Waals surface area contributed by atoms with Gasteiger partial charge in [-0.1, -0.05) is 18.2 Å². The Bertz CT molecular complexity index is 478. The molecule has 0 fully saturated rings. The van der Waals surface area contributed by atoms with Crippen LogP contribution in [0.4, 0.5) is 5.82 Å². The number of halogens is 1. The van der Waals surface area contributed by atoms with E-state index in [1.165, 1.54) is 0 Å². The van der Waals surface area contributed by atoms with Crippen molar-refractivity contribution in [2.24, 2.45) is 0 Å². The number of allylic oxidation sites excluding steroid dienone is 3. The lowest BCUT2D eigenvalue weighted by molar-refractivity contribution is 0.103. The average molecular weight is 281 g/mol. The Morgan fingerprint density at radius 1 is 1.56 bits per heavy atom. The average Bonchev–Trinajstić information content (AvgIpc) is 2.19. The van der Waals surface area contributed by atoms with Crippen LogP contribution < -0.4 is 5.73 Å². The van der Waals surface area contributed by atoms with E-state index in [-0.39, 0.29) is 11.6 Å².